The van der Waals surface area contributed by atoms with E-state index in [1.54, 1.807) is 0 Å². The van der Waals surface area contributed by atoms with Crippen molar-refractivity contribution in [3.05, 3.63) is 29.3 Å². The summed E-state index contributed by atoms with van der Waals surface area (Å²) in [6, 6.07) is 6.57. The van der Waals surface area contributed by atoms with E-state index >= 15 is 0 Å². The molecule has 3 rings (SSSR count). The number of hydrogen-bond donors (Lipinski definition) is 1. The number of aliphatic carboxylic acids is 1. The minimum atomic E-state index is -0.670. The van der Waals surface area contributed by atoms with Gasteiger partial charge in [-0.25, -0.2) is 0 Å². The van der Waals surface area contributed by atoms with Gasteiger partial charge in [-0.1, -0.05) is 12.1 Å². The van der Waals surface area contributed by atoms with Crippen LogP contribution in [0.4, 0.5) is 0 Å². The fraction of sp³-hybridized carbons (Fsp3) is 0.500. The van der Waals surface area contributed by atoms with Crippen LogP contribution in [-0.2, 0) is 11.2 Å². The van der Waals surface area contributed by atoms with E-state index in [9.17, 15) is 4.79 Å². The molecule has 1 atom stereocenters. The van der Waals surface area contributed by atoms with Crippen LogP contribution in [0.5, 0.6) is 0 Å². The molecule has 1 heterocycles. The average molecular weight is 248 g/mol. The summed E-state index contributed by atoms with van der Waals surface area (Å²) >= 11 is 1.91. The van der Waals surface area contributed by atoms with E-state index in [1.807, 2.05) is 11.8 Å². The number of fused-ring (bicyclic) bond motifs is 1. The van der Waals surface area contributed by atoms with Crippen molar-refractivity contribution >= 4 is 17.7 Å². The fourth-order valence-corrected chi connectivity index (χ4v) is 3.73. The van der Waals surface area contributed by atoms with Crippen LogP contribution >= 0.6 is 11.8 Å². The first kappa shape index (κ1) is 11.1. The van der Waals surface area contributed by atoms with Gasteiger partial charge in [0.1, 0.15) is 0 Å². The van der Waals surface area contributed by atoms with Crippen molar-refractivity contribution in [2.24, 2.45) is 5.92 Å². The minimum Gasteiger partial charge on any atom is -0.481 e. The Labute approximate surface area is 105 Å². The zero-order valence-corrected chi connectivity index (χ0v) is 10.5. The van der Waals surface area contributed by atoms with Crippen molar-refractivity contribution in [3.8, 4) is 0 Å². The van der Waals surface area contributed by atoms with Crippen molar-refractivity contribution in [1.29, 1.82) is 0 Å². The Balaban J connectivity index is 1.87. The van der Waals surface area contributed by atoms with Crippen LogP contribution in [-0.4, -0.2) is 16.8 Å². The summed E-state index contributed by atoms with van der Waals surface area (Å²) in [5, 5.41) is 9.01. The van der Waals surface area contributed by atoms with Crippen molar-refractivity contribution in [2.45, 2.75) is 36.5 Å². The van der Waals surface area contributed by atoms with Gasteiger partial charge in [-0.05, 0) is 48.3 Å². The number of carboxylic acid groups (broad SMARTS) is 1. The number of carboxylic acids is 1. The van der Waals surface area contributed by atoms with Gasteiger partial charge >= 0.3 is 5.97 Å². The number of rotatable bonds is 4. The summed E-state index contributed by atoms with van der Waals surface area (Å²) in [6.07, 6.45) is 3.82. The highest BCUT2D eigenvalue weighted by molar-refractivity contribution is 7.99. The molecule has 1 unspecified atom stereocenters. The van der Waals surface area contributed by atoms with Crippen molar-refractivity contribution in [2.75, 3.05) is 5.75 Å². The summed E-state index contributed by atoms with van der Waals surface area (Å²) in [7, 11) is 0. The zero-order valence-electron chi connectivity index (χ0n) is 9.69. The molecule has 1 saturated carbocycles. The summed E-state index contributed by atoms with van der Waals surface area (Å²) < 4.78 is 0. The van der Waals surface area contributed by atoms with E-state index in [0.717, 1.165) is 6.42 Å². The first-order chi connectivity index (χ1) is 8.24. The van der Waals surface area contributed by atoms with Gasteiger partial charge in [0.15, 0.2) is 0 Å². The number of hydrogen-bond acceptors (Lipinski definition) is 2. The maximum Gasteiger partial charge on any atom is 0.303 e. The monoisotopic (exact) mass is 248 g/mol. The molecule has 1 N–H and O–H groups in total. The number of benzene rings is 1. The van der Waals surface area contributed by atoms with Gasteiger partial charge in [-0.3, -0.25) is 4.79 Å². The van der Waals surface area contributed by atoms with Gasteiger partial charge in [0, 0.05) is 10.6 Å². The zero-order chi connectivity index (χ0) is 11.8. The standard InChI is InChI=1S/C14H16O2S/c15-14(16)8-12(9-1-2-9)10-3-4-13-11(7-10)5-6-17-13/h3-4,7,9,12H,1-2,5-6,8H2,(H,15,16). The van der Waals surface area contributed by atoms with Crippen LogP contribution in [0, 0.1) is 5.92 Å². The summed E-state index contributed by atoms with van der Waals surface area (Å²) in [4.78, 5) is 12.3. The molecule has 1 aromatic carbocycles. The smallest absolute Gasteiger partial charge is 0.303 e. The molecule has 0 saturated heterocycles. The molecular formula is C14H16O2S. The molecule has 0 amide bonds. The predicted molar refractivity (Wildman–Crippen MR) is 68.6 cm³/mol. The van der Waals surface area contributed by atoms with Gasteiger partial charge in [-0.2, -0.15) is 0 Å². The van der Waals surface area contributed by atoms with Gasteiger partial charge < -0.3 is 5.11 Å². The van der Waals surface area contributed by atoms with Crippen LogP contribution < -0.4 is 0 Å². The van der Waals surface area contributed by atoms with Crippen LogP contribution in [0.3, 0.4) is 0 Å². The average Bonchev–Trinajstić information content (AvgIpc) is 3.03. The highest BCUT2D eigenvalue weighted by Gasteiger charge is 2.34. The summed E-state index contributed by atoms with van der Waals surface area (Å²) in [5.41, 5.74) is 2.67. The summed E-state index contributed by atoms with van der Waals surface area (Å²) in [6.45, 7) is 0. The quantitative estimate of drug-likeness (QED) is 0.888. The van der Waals surface area contributed by atoms with Crippen molar-refractivity contribution in [1.82, 2.24) is 0 Å². The van der Waals surface area contributed by atoms with Gasteiger partial charge in [0.05, 0.1) is 6.42 Å². The molecule has 1 aromatic rings. The van der Waals surface area contributed by atoms with E-state index in [0.29, 0.717) is 5.92 Å². The molecule has 0 bridgehead atoms. The number of aryl methyl sites for hydroxylation is 1. The third-order valence-corrected chi connectivity index (χ3v) is 4.84. The fourth-order valence-electron chi connectivity index (χ4n) is 2.68. The van der Waals surface area contributed by atoms with Crippen LogP contribution in [0.25, 0.3) is 0 Å². The molecule has 3 heteroatoms. The van der Waals surface area contributed by atoms with Crippen molar-refractivity contribution < 1.29 is 9.90 Å². The third-order valence-electron chi connectivity index (χ3n) is 3.73. The summed E-state index contributed by atoms with van der Waals surface area (Å²) in [5.74, 6) is 1.35. The highest BCUT2D eigenvalue weighted by atomic mass is 32.2. The highest BCUT2D eigenvalue weighted by Crippen LogP contribution is 2.45. The third kappa shape index (κ3) is 2.34. The lowest BCUT2D eigenvalue weighted by Gasteiger charge is -2.15. The second kappa shape index (κ2) is 4.37. The molecule has 2 aliphatic rings. The number of carbonyl (C=O) groups is 1. The van der Waals surface area contributed by atoms with Gasteiger partial charge in [0.25, 0.3) is 0 Å². The van der Waals surface area contributed by atoms with E-state index in [1.165, 1.54) is 34.6 Å². The lowest BCUT2D eigenvalue weighted by Crippen LogP contribution is -2.08. The second-order valence-corrected chi connectivity index (χ2v) is 6.14. The maximum atomic E-state index is 10.9. The Hall–Kier alpha value is -0.960. The maximum absolute atomic E-state index is 10.9. The molecule has 1 fully saturated rings. The van der Waals surface area contributed by atoms with Crippen LogP contribution in [0.15, 0.2) is 23.1 Å². The lowest BCUT2D eigenvalue weighted by molar-refractivity contribution is -0.137. The minimum absolute atomic E-state index is 0.239. The molecule has 2 nitrogen and oxygen atoms in total. The largest absolute Gasteiger partial charge is 0.481 e. The SMILES string of the molecule is O=C(O)CC(c1ccc2c(c1)CCS2)C1CC1. The molecule has 0 aromatic heterocycles. The van der Waals surface area contributed by atoms with E-state index in [2.05, 4.69) is 18.2 Å². The van der Waals surface area contributed by atoms with Crippen LogP contribution in [0.2, 0.25) is 0 Å². The Morgan fingerprint density at radius 1 is 1.47 bits per heavy atom. The molecule has 17 heavy (non-hydrogen) atoms. The predicted octanol–water partition coefficient (Wildman–Crippen LogP) is 3.30. The Kier molecular flexibility index (Phi) is 2.87. The molecule has 0 radical (unpaired) electrons. The molecule has 1 aliphatic heterocycles. The molecular weight excluding hydrogens is 232 g/mol. The van der Waals surface area contributed by atoms with E-state index < -0.39 is 5.97 Å². The van der Waals surface area contributed by atoms with Gasteiger partial charge in [0.2, 0.25) is 0 Å². The lowest BCUT2D eigenvalue weighted by atomic mass is 9.90. The first-order valence-electron chi connectivity index (χ1n) is 6.21. The van der Waals surface area contributed by atoms with Crippen molar-refractivity contribution in [3.63, 3.8) is 0 Å². The van der Waals surface area contributed by atoms with Gasteiger partial charge in [-0.15, -0.1) is 11.8 Å². The molecule has 0 spiro atoms. The first-order valence-corrected chi connectivity index (χ1v) is 7.20. The molecule has 1 aliphatic carbocycles. The van der Waals surface area contributed by atoms with Crippen LogP contribution in [0.1, 0.15) is 36.3 Å². The van der Waals surface area contributed by atoms with E-state index in [4.69, 9.17) is 5.11 Å². The van der Waals surface area contributed by atoms with E-state index in [-0.39, 0.29) is 12.3 Å². The topological polar surface area (TPSA) is 37.3 Å². The Bertz CT molecular complexity index is 452. The Morgan fingerprint density at radius 3 is 3.00 bits per heavy atom. The Morgan fingerprint density at radius 2 is 2.29 bits per heavy atom. The molecule has 90 valence electrons. The normalized spacial score (nSPS) is 20.0. The second-order valence-electron chi connectivity index (χ2n) is 5.01. The number of thioether (sulfide) groups is 1.